The zero-order chi connectivity index (χ0) is 14.8. The molecule has 0 spiro atoms. The highest BCUT2D eigenvalue weighted by Crippen LogP contribution is 2.35. The van der Waals surface area contributed by atoms with Gasteiger partial charge in [0.2, 0.25) is 0 Å². The van der Waals surface area contributed by atoms with Crippen LogP contribution in [0.3, 0.4) is 0 Å². The van der Waals surface area contributed by atoms with E-state index in [0.29, 0.717) is 13.1 Å². The number of hydrogen-bond acceptors (Lipinski definition) is 2. The summed E-state index contributed by atoms with van der Waals surface area (Å²) in [5.74, 6) is 0. The molecule has 3 aromatic carbocycles. The molecule has 21 heavy (non-hydrogen) atoms. The van der Waals surface area contributed by atoms with Gasteiger partial charge in [-0.3, -0.25) is 0 Å². The Morgan fingerprint density at radius 3 is 1.90 bits per heavy atom. The highest BCUT2D eigenvalue weighted by Gasteiger charge is 2.11. The number of benzene rings is 3. The topological polar surface area (TPSA) is 32.3 Å². The summed E-state index contributed by atoms with van der Waals surface area (Å²) in [6, 6.07) is 16.4. The lowest BCUT2D eigenvalue weighted by atomic mass is 9.96. The van der Waals surface area contributed by atoms with E-state index in [2.05, 4.69) is 29.6 Å². The molecule has 2 nitrogen and oxygen atoms in total. The van der Waals surface area contributed by atoms with E-state index in [4.69, 9.17) is 11.6 Å². The van der Waals surface area contributed by atoms with E-state index in [-0.39, 0.29) is 6.10 Å². The first kappa shape index (κ1) is 14.3. The van der Waals surface area contributed by atoms with Gasteiger partial charge in [-0.2, -0.15) is 0 Å². The molecule has 0 unspecified atom stereocenters. The monoisotopic (exact) mass is 299 g/mol. The Morgan fingerprint density at radius 2 is 1.43 bits per heavy atom. The van der Waals surface area contributed by atoms with Gasteiger partial charge in [0, 0.05) is 23.9 Å². The number of halogens is 1. The molecular weight excluding hydrogens is 282 g/mol. The van der Waals surface area contributed by atoms with Crippen molar-refractivity contribution in [2.45, 2.75) is 19.6 Å². The SMILES string of the molecule is C[C@H](O)CNCc1c2ccccc2c(Cl)c2ccccc12. The second kappa shape index (κ2) is 6.02. The Labute approximate surface area is 129 Å². The minimum atomic E-state index is -0.352. The van der Waals surface area contributed by atoms with Crippen LogP contribution in [-0.2, 0) is 6.54 Å². The van der Waals surface area contributed by atoms with Crippen molar-refractivity contribution in [3.8, 4) is 0 Å². The molecule has 3 rings (SSSR count). The predicted octanol–water partition coefficient (Wildman–Crippen LogP) is 4.12. The molecule has 0 amide bonds. The van der Waals surface area contributed by atoms with Crippen molar-refractivity contribution in [1.82, 2.24) is 5.32 Å². The van der Waals surface area contributed by atoms with Gasteiger partial charge in [0.1, 0.15) is 0 Å². The zero-order valence-corrected chi connectivity index (χ0v) is 12.7. The van der Waals surface area contributed by atoms with Gasteiger partial charge >= 0.3 is 0 Å². The molecule has 0 bridgehead atoms. The molecule has 1 atom stereocenters. The van der Waals surface area contributed by atoms with Gasteiger partial charge in [-0.05, 0) is 23.3 Å². The lowest BCUT2D eigenvalue weighted by Gasteiger charge is -2.15. The molecule has 0 aromatic heterocycles. The van der Waals surface area contributed by atoms with Gasteiger partial charge < -0.3 is 10.4 Å². The van der Waals surface area contributed by atoms with Crippen LogP contribution in [0.25, 0.3) is 21.5 Å². The maximum absolute atomic E-state index is 9.42. The van der Waals surface area contributed by atoms with Crippen molar-refractivity contribution in [3.63, 3.8) is 0 Å². The maximum Gasteiger partial charge on any atom is 0.0636 e. The quantitative estimate of drug-likeness (QED) is 0.710. The summed E-state index contributed by atoms with van der Waals surface area (Å²) in [5, 5.41) is 18.0. The van der Waals surface area contributed by atoms with Crippen LogP contribution in [0.2, 0.25) is 5.02 Å². The number of fused-ring (bicyclic) bond motifs is 2. The van der Waals surface area contributed by atoms with Crippen molar-refractivity contribution >= 4 is 33.1 Å². The van der Waals surface area contributed by atoms with E-state index in [1.54, 1.807) is 6.92 Å². The Kier molecular flexibility index (Phi) is 4.11. The fourth-order valence-corrected chi connectivity index (χ4v) is 3.09. The Hall–Kier alpha value is -1.61. The first-order valence-electron chi connectivity index (χ1n) is 7.15. The van der Waals surface area contributed by atoms with Crippen LogP contribution in [0.4, 0.5) is 0 Å². The molecule has 108 valence electrons. The summed E-state index contributed by atoms with van der Waals surface area (Å²) < 4.78 is 0. The van der Waals surface area contributed by atoms with Gasteiger partial charge in [0.05, 0.1) is 11.1 Å². The summed E-state index contributed by atoms with van der Waals surface area (Å²) in [6.45, 7) is 3.07. The van der Waals surface area contributed by atoms with Crippen molar-refractivity contribution in [3.05, 3.63) is 59.1 Å². The molecule has 0 aliphatic carbocycles. The van der Waals surface area contributed by atoms with Crippen LogP contribution in [-0.4, -0.2) is 17.8 Å². The second-order valence-corrected chi connectivity index (χ2v) is 5.74. The van der Waals surface area contributed by atoms with E-state index in [9.17, 15) is 5.11 Å². The van der Waals surface area contributed by atoms with Crippen LogP contribution in [0, 0.1) is 0 Å². The summed E-state index contributed by atoms with van der Waals surface area (Å²) in [5.41, 5.74) is 1.23. The molecule has 3 aromatic rings. The molecular formula is C18H18ClNO. The third-order valence-electron chi connectivity index (χ3n) is 3.72. The number of rotatable bonds is 4. The molecule has 0 aliphatic rings. The molecule has 0 saturated heterocycles. The van der Waals surface area contributed by atoms with E-state index in [1.165, 1.54) is 16.3 Å². The van der Waals surface area contributed by atoms with Crippen molar-refractivity contribution in [1.29, 1.82) is 0 Å². The first-order chi connectivity index (χ1) is 10.2. The van der Waals surface area contributed by atoms with Crippen LogP contribution < -0.4 is 5.32 Å². The highest BCUT2D eigenvalue weighted by molar-refractivity contribution is 6.41. The maximum atomic E-state index is 9.42. The van der Waals surface area contributed by atoms with Crippen molar-refractivity contribution < 1.29 is 5.11 Å². The number of aliphatic hydroxyl groups excluding tert-OH is 1. The zero-order valence-electron chi connectivity index (χ0n) is 11.9. The lowest BCUT2D eigenvalue weighted by Crippen LogP contribution is -2.24. The molecule has 0 radical (unpaired) electrons. The standard InChI is InChI=1S/C18H18ClNO/c1-12(21)10-20-11-17-13-6-2-4-8-15(13)18(19)16-9-5-3-7-14(16)17/h2-9,12,20-21H,10-11H2,1H3/t12-/m0/s1. The molecule has 0 aliphatic heterocycles. The second-order valence-electron chi connectivity index (χ2n) is 5.36. The smallest absolute Gasteiger partial charge is 0.0636 e. The Bertz CT molecular complexity index is 726. The van der Waals surface area contributed by atoms with E-state index < -0.39 is 0 Å². The van der Waals surface area contributed by atoms with Gasteiger partial charge in [-0.1, -0.05) is 60.1 Å². The number of hydrogen-bond donors (Lipinski definition) is 2. The summed E-state index contributed by atoms with van der Waals surface area (Å²) in [7, 11) is 0. The fourth-order valence-electron chi connectivity index (χ4n) is 2.76. The minimum absolute atomic E-state index is 0.352. The van der Waals surface area contributed by atoms with Crippen molar-refractivity contribution in [2.24, 2.45) is 0 Å². The molecule has 0 heterocycles. The highest BCUT2D eigenvalue weighted by atomic mass is 35.5. The largest absolute Gasteiger partial charge is 0.392 e. The molecule has 0 fully saturated rings. The normalized spacial score (nSPS) is 12.9. The first-order valence-corrected chi connectivity index (χ1v) is 7.53. The molecule has 0 saturated carbocycles. The van der Waals surface area contributed by atoms with Crippen LogP contribution >= 0.6 is 11.6 Å². The van der Waals surface area contributed by atoms with Crippen LogP contribution in [0.15, 0.2) is 48.5 Å². The average Bonchev–Trinajstić information content (AvgIpc) is 2.50. The van der Waals surface area contributed by atoms with E-state index >= 15 is 0 Å². The number of nitrogens with one attached hydrogen (secondary N) is 1. The number of aliphatic hydroxyl groups is 1. The third-order valence-corrected chi connectivity index (χ3v) is 4.13. The van der Waals surface area contributed by atoms with Gasteiger partial charge in [0.15, 0.2) is 0 Å². The van der Waals surface area contributed by atoms with E-state index in [0.717, 1.165) is 15.8 Å². The van der Waals surface area contributed by atoms with Gasteiger partial charge in [-0.15, -0.1) is 0 Å². The third kappa shape index (κ3) is 2.75. The van der Waals surface area contributed by atoms with Gasteiger partial charge in [-0.25, -0.2) is 0 Å². The Morgan fingerprint density at radius 1 is 0.952 bits per heavy atom. The van der Waals surface area contributed by atoms with E-state index in [1.807, 2.05) is 24.3 Å². The summed E-state index contributed by atoms with van der Waals surface area (Å²) in [6.07, 6.45) is -0.352. The predicted molar refractivity (Wildman–Crippen MR) is 89.9 cm³/mol. The average molecular weight is 300 g/mol. The van der Waals surface area contributed by atoms with Gasteiger partial charge in [0.25, 0.3) is 0 Å². The van der Waals surface area contributed by atoms with Crippen LogP contribution in [0.1, 0.15) is 12.5 Å². The fraction of sp³-hybridized carbons (Fsp3) is 0.222. The Balaban J connectivity index is 2.20. The van der Waals surface area contributed by atoms with Crippen LogP contribution in [0.5, 0.6) is 0 Å². The summed E-state index contributed by atoms with van der Waals surface area (Å²) in [4.78, 5) is 0. The lowest BCUT2D eigenvalue weighted by molar-refractivity contribution is 0.191. The minimum Gasteiger partial charge on any atom is -0.392 e. The van der Waals surface area contributed by atoms with Crippen molar-refractivity contribution in [2.75, 3.05) is 6.54 Å². The molecule has 3 heteroatoms. The summed E-state index contributed by atoms with van der Waals surface area (Å²) >= 11 is 6.57. The molecule has 2 N–H and O–H groups in total.